The van der Waals surface area contributed by atoms with Crippen molar-refractivity contribution in [3.8, 4) is 5.75 Å². The van der Waals surface area contributed by atoms with Gasteiger partial charge in [-0.15, -0.1) is 0 Å². The van der Waals surface area contributed by atoms with Crippen LogP contribution in [0, 0.1) is 0 Å². The molecule has 114 valence electrons. The summed E-state index contributed by atoms with van der Waals surface area (Å²) in [4.78, 5) is 15.0. The van der Waals surface area contributed by atoms with Gasteiger partial charge in [-0.1, -0.05) is 0 Å². The number of benzene rings is 1. The summed E-state index contributed by atoms with van der Waals surface area (Å²) in [6.45, 7) is 2.30. The van der Waals surface area contributed by atoms with Crippen LogP contribution < -0.4 is 15.8 Å². The first-order chi connectivity index (χ1) is 10.2. The fourth-order valence-corrected chi connectivity index (χ4v) is 3.52. The van der Waals surface area contributed by atoms with E-state index in [9.17, 15) is 4.79 Å². The zero-order chi connectivity index (χ0) is 14.8. The molecule has 0 saturated carbocycles. The van der Waals surface area contributed by atoms with Crippen LogP contribution in [0.4, 0.5) is 5.69 Å². The highest BCUT2D eigenvalue weighted by Crippen LogP contribution is 2.27. The average molecular weight is 289 g/mol. The SMILES string of the molecule is COc1ccc(N)cc1C(=O)NC1CCN2CCCC2C1. The summed E-state index contributed by atoms with van der Waals surface area (Å²) in [5, 5.41) is 3.15. The molecule has 0 radical (unpaired) electrons. The predicted molar refractivity (Wildman–Crippen MR) is 82.5 cm³/mol. The van der Waals surface area contributed by atoms with E-state index in [1.54, 1.807) is 25.3 Å². The van der Waals surface area contributed by atoms with E-state index in [-0.39, 0.29) is 11.9 Å². The second kappa shape index (κ2) is 5.93. The van der Waals surface area contributed by atoms with Gasteiger partial charge in [0.25, 0.3) is 5.91 Å². The highest BCUT2D eigenvalue weighted by atomic mass is 16.5. The molecule has 0 bridgehead atoms. The standard InChI is InChI=1S/C16H23N3O2/c1-21-15-5-4-11(17)9-14(15)16(20)18-12-6-8-19-7-2-3-13(19)10-12/h4-5,9,12-13H,2-3,6-8,10,17H2,1H3,(H,18,20). The van der Waals surface area contributed by atoms with Crippen molar-refractivity contribution in [1.29, 1.82) is 0 Å². The number of rotatable bonds is 3. The first-order valence-corrected chi connectivity index (χ1v) is 7.66. The summed E-state index contributed by atoms with van der Waals surface area (Å²) in [6, 6.07) is 6.06. The third-order valence-corrected chi connectivity index (χ3v) is 4.62. The molecule has 0 aliphatic carbocycles. The smallest absolute Gasteiger partial charge is 0.255 e. The number of ether oxygens (including phenoxy) is 1. The lowest BCUT2D eigenvalue weighted by atomic mass is 9.97. The predicted octanol–water partition coefficient (Wildman–Crippen LogP) is 1.63. The van der Waals surface area contributed by atoms with E-state index < -0.39 is 0 Å². The Morgan fingerprint density at radius 1 is 1.38 bits per heavy atom. The molecule has 2 fully saturated rings. The van der Waals surface area contributed by atoms with Gasteiger partial charge in [0, 0.05) is 24.3 Å². The lowest BCUT2D eigenvalue weighted by molar-refractivity contribution is 0.0893. The van der Waals surface area contributed by atoms with E-state index in [2.05, 4.69) is 10.2 Å². The lowest BCUT2D eigenvalue weighted by Crippen LogP contribution is -2.47. The summed E-state index contributed by atoms with van der Waals surface area (Å²) < 4.78 is 5.26. The van der Waals surface area contributed by atoms with Gasteiger partial charge in [-0.25, -0.2) is 0 Å². The molecule has 3 N–H and O–H groups in total. The van der Waals surface area contributed by atoms with Gasteiger partial charge in [0.05, 0.1) is 12.7 Å². The Kier molecular flexibility index (Phi) is 4.01. The van der Waals surface area contributed by atoms with Crippen molar-refractivity contribution in [2.45, 2.75) is 37.8 Å². The van der Waals surface area contributed by atoms with Gasteiger partial charge in [-0.05, 0) is 50.4 Å². The van der Waals surface area contributed by atoms with E-state index in [0.29, 0.717) is 23.0 Å². The number of carbonyl (C=O) groups excluding carboxylic acids is 1. The molecule has 0 aromatic heterocycles. The molecule has 2 aliphatic heterocycles. The van der Waals surface area contributed by atoms with Crippen LogP contribution in [-0.2, 0) is 0 Å². The third-order valence-electron chi connectivity index (χ3n) is 4.62. The normalized spacial score (nSPS) is 25.4. The zero-order valence-electron chi connectivity index (χ0n) is 12.5. The number of nitrogens with two attached hydrogens (primary N) is 1. The van der Waals surface area contributed by atoms with Crippen LogP contribution in [0.1, 0.15) is 36.0 Å². The minimum atomic E-state index is -0.0874. The summed E-state index contributed by atoms with van der Waals surface area (Å²) >= 11 is 0. The van der Waals surface area contributed by atoms with Gasteiger partial charge in [0.1, 0.15) is 5.75 Å². The van der Waals surface area contributed by atoms with Gasteiger partial charge in [-0.2, -0.15) is 0 Å². The molecule has 0 spiro atoms. The number of methoxy groups -OCH3 is 1. The third kappa shape index (κ3) is 2.97. The number of nitrogens with zero attached hydrogens (tertiary/aromatic N) is 1. The molecule has 1 amide bonds. The van der Waals surface area contributed by atoms with Gasteiger partial charge in [0.15, 0.2) is 0 Å². The zero-order valence-corrected chi connectivity index (χ0v) is 12.5. The van der Waals surface area contributed by atoms with Gasteiger partial charge >= 0.3 is 0 Å². The van der Waals surface area contributed by atoms with Crippen LogP contribution in [-0.4, -0.2) is 43.1 Å². The van der Waals surface area contributed by atoms with Crippen LogP contribution in [0.2, 0.25) is 0 Å². The van der Waals surface area contributed by atoms with Crippen LogP contribution in [0.5, 0.6) is 5.75 Å². The lowest BCUT2D eigenvalue weighted by Gasteiger charge is -2.35. The molecule has 5 heteroatoms. The number of amides is 1. The minimum Gasteiger partial charge on any atom is -0.496 e. The number of hydrogen-bond donors (Lipinski definition) is 2. The van der Waals surface area contributed by atoms with Crippen LogP contribution >= 0.6 is 0 Å². The number of carbonyl (C=O) groups is 1. The van der Waals surface area contributed by atoms with E-state index in [1.807, 2.05) is 0 Å². The molecule has 21 heavy (non-hydrogen) atoms. The highest BCUT2D eigenvalue weighted by Gasteiger charge is 2.32. The summed E-state index contributed by atoms with van der Waals surface area (Å²) in [5.41, 5.74) is 6.88. The van der Waals surface area contributed by atoms with E-state index in [4.69, 9.17) is 10.5 Å². The largest absolute Gasteiger partial charge is 0.496 e. The number of fused-ring (bicyclic) bond motifs is 1. The first kappa shape index (κ1) is 14.2. The monoisotopic (exact) mass is 289 g/mol. The fraction of sp³-hybridized carbons (Fsp3) is 0.562. The molecular weight excluding hydrogens is 266 g/mol. The van der Waals surface area contributed by atoms with E-state index in [0.717, 1.165) is 19.4 Å². The fourth-order valence-electron chi connectivity index (χ4n) is 3.52. The maximum Gasteiger partial charge on any atom is 0.255 e. The topological polar surface area (TPSA) is 67.6 Å². The minimum absolute atomic E-state index is 0.0874. The van der Waals surface area contributed by atoms with Crippen molar-refractivity contribution in [1.82, 2.24) is 10.2 Å². The maximum absolute atomic E-state index is 12.5. The molecule has 1 aromatic carbocycles. The molecule has 2 saturated heterocycles. The number of hydrogen-bond acceptors (Lipinski definition) is 4. The molecule has 2 atom stereocenters. The van der Waals surface area contributed by atoms with Crippen LogP contribution in [0.25, 0.3) is 0 Å². The molecule has 2 unspecified atom stereocenters. The Hall–Kier alpha value is -1.75. The molecule has 2 heterocycles. The summed E-state index contributed by atoms with van der Waals surface area (Å²) in [5.74, 6) is 0.482. The van der Waals surface area contributed by atoms with Crippen molar-refractivity contribution < 1.29 is 9.53 Å². The number of piperidine rings is 1. The number of anilines is 1. The van der Waals surface area contributed by atoms with E-state index in [1.165, 1.54) is 19.4 Å². The van der Waals surface area contributed by atoms with Crippen molar-refractivity contribution in [3.63, 3.8) is 0 Å². The number of nitrogens with one attached hydrogen (secondary N) is 1. The van der Waals surface area contributed by atoms with Crippen LogP contribution in [0.3, 0.4) is 0 Å². The molecule has 5 nitrogen and oxygen atoms in total. The first-order valence-electron chi connectivity index (χ1n) is 7.66. The number of nitrogen functional groups attached to an aromatic ring is 1. The second-order valence-corrected chi connectivity index (χ2v) is 5.99. The Morgan fingerprint density at radius 2 is 2.24 bits per heavy atom. The molecule has 3 rings (SSSR count). The van der Waals surface area contributed by atoms with Crippen molar-refractivity contribution >= 4 is 11.6 Å². The summed E-state index contributed by atoms with van der Waals surface area (Å²) in [7, 11) is 1.57. The van der Waals surface area contributed by atoms with E-state index >= 15 is 0 Å². The second-order valence-electron chi connectivity index (χ2n) is 5.99. The average Bonchev–Trinajstić information content (AvgIpc) is 2.94. The Balaban J connectivity index is 1.67. The summed E-state index contributed by atoms with van der Waals surface area (Å²) in [6.07, 6.45) is 4.62. The van der Waals surface area contributed by atoms with Gasteiger partial charge in [-0.3, -0.25) is 4.79 Å². The molecule has 2 aliphatic rings. The van der Waals surface area contributed by atoms with Crippen molar-refractivity contribution in [3.05, 3.63) is 23.8 Å². The Labute approximate surface area is 125 Å². The quantitative estimate of drug-likeness (QED) is 0.830. The maximum atomic E-state index is 12.5. The van der Waals surface area contributed by atoms with Gasteiger partial charge in [0.2, 0.25) is 0 Å². The Morgan fingerprint density at radius 3 is 3.05 bits per heavy atom. The van der Waals surface area contributed by atoms with Gasteiger partial charge < -0.3 is 20.7 Å². The van der Waals surface area contributed by atoms with Crippen molar-refractivity contribution in [2.24, 2.45) is 0 Å². The highest BCUT2D eigenvalue weighted by molar-refractivity contribution is 5.98. The Bertz CT molecular complexity index is 532. The molecular formula is C16H23N3O2. The van der Waals surface area contributed by atoms with Crippen LogP contribution in [0.15, 0.2) is 18.2 Å². The van der Waals surface area contributed by atoms with Crippen molar-refractivity contribution in [2.75, 3.05) is 25.9 Å². The molecule has 1 aromatic rings.